The summed E-state index contributed by atoms with van der Waals surface area (Å²) >= 11 is 0. The van der Waals surface area contributed by atoms with Crippen molar-refractivity contribution in [3.05, 3.63) is 59.2 Å². The molecule has 0 aromatic heterocycles. The summed E-state index contributed by atoms with van der Waals surface area (Å²) in [6, 6.07) is 9.78. The molecule has 0 spiro atoms. The van der Waals surface area contributed by atoms with Crippen molar-refractivity contribution in [2.75, 3.05) is 0 Å². The average Bonchev–Trinajstić information content (AvgIpc) is 2.63. The molecular weight excluding hydrogens is 326 g/mol. The highest BCUT2D eigenvalue weighted by atomic mass is 16.3. The van der Waals surface area contributed by atoms with Crippen molar-refractivity contribution in [3.63, 3.8) is 0 Å². The summed E-state index contributed by atoms with van der Waals surface area (Å²) in [5.41, 5.74) is 2.19. The van der Waals surface area contributed by atoms with E-state index in [0.29, 0.717) is 12.1 Å². The highest BCUT2D eigenvalue weighted by molar-refractivity contribution is 6.05. The number of hydrogen-bond acceptors (Lipinski definition) is 3. The van der Waals surface area contributed by atoms with Crippen LogP contribution in [0.25, 0.3) is 0 Å². The topological polar surface area (TPSA) is 66.4 Å². The maximum absolute atomic E-state index is 12.6. The second-order valence-electron chi connectivity index (χ2n) is 7.79. The molecule has 0 unspecified atom stereocenters. The Bertz CT molecular complexity index is 765. The molecule has 2 aliphatic rings. The molecule has 138 valence electrons. The molecule has 0 radical (unpaired) electrons. The number of carbonyl (C=O) groups excluding carboxylic acids is 2. The van der Waals surface area contributed by atoms with Gasteiger partial charge in [-0.3, -0.25) is 9.59 Å². The van der Waals surface area contributed by atoms with Crippen LogP contribution in [0.2, 0.25) is 0 Å². The van der Waals surface area contributed by atoms with Crippen LogP contribution in [0.5, 0.6) is 0 Å². The SMILES string of the molecule is CC1=C2[C@@H](O)[C@H]([C@H](C)C(=O)NCc3ccccc3)CC[C@@]2(C)C=CC1=O. The molecular formula is C22H27NO3. The lowest BCUT2D eigenvalue weighted by Gasteiger charge is -2.45. The third kappa shape index (κ3) is 3.38. The molecule has 4 heteroatoms. The number of allylic oxidation sites excluding steroid dienone is 3. The number of ketones is 1. The van der Waals surface area contributed by atoms with E-state index in [-0.39, 0.29) is 28.9 Å². The highest BCUT2D eigenvalue weighted by Crippen LogP contribution is 2.49. The van der Waals surface area contributed by atoms with E-state index in [1.165, 1.54) is 0 Å². The van der Waals surface area contributed by atoms with Gasteiger partial charge in [-0.15, -0.1) is 0 Å². The van der Waals surface area contributed by atoms with Crippen LogP contribution in [-0.4, -0.2) is 22.9 Å². The van der Waals surface area contributed by atoms with Crippen molar-refractivity contribution in [2.45, 2.75) is 46.3 Å². The van der Waals surface area contributed by atoms with Crippen molar-refractivity contribution >= 4 is 11.7 Å². The summed E-state index contributed by atoms with van der Waals surface area (Å²) in [6.45, 7) is 6.19. The van der Waals surface area contributed by atoms with Gasteiger partial charge in [0, 0.05) is 23.8 Å². The molecule has 0 saturated heterocycles. The minimum Gasteiger partial charge on any atom is -0.388 e. The van der Waals surface area contributed by atoms with Crippen LogP contribution in [0, 0.1) is 17.3 Å². The lowest BCUT2D eigenvalue weighted by Crippen LogP contribution is -2.46. The number of rotatable bonds is 4. The molecule has 2 N–H and O–H groups in total. The fourth-order valence-electron chi connectivity index (χ4n) is 4.32. The number of fused-ring (bicyclic) bond motifs is 1. The maximum atomic E-state index is 12.6. The molecule has 3 rings (SSSR count). The minimum atomic E-state index is -0.764. The van der Waals surface area contributed by atoms with Crippen LogP contribution >= 0.6 is 0 Å². The van der Waals surface area contributed by atoms with Crippen LogP contribution in [0.1, 0.15) is 39.2 Å². The fourth-order valence-corrected chi connectivity index (χ4v) is 4.32. The highest BCUT2D eigenvalue weighted by Gasteiger charge is 2.46. The molecule has 2 aliphatic carbocycles. The van der Waals surface area contributed by atoms with Gasteiger partial charge >= 0.3 is 0 Å². The first-order valence-corrected chi connectivity index (χ1v) is 9.28. The predicted molar refractivity (Wildman–Crippen MR) is 101 cm³/mol. The molecule has 1 aromatic carbocycles. The lowest BCUT2D eigenvalue weighted by atomic mass is 9.61. The van der Waals surface area contributed by atoms with Crippen LogP contribution in [0.3, 0.4) is 0 Å². The summed E-state index contributed by atoms with van der Waals surface area (Å²) in [5.74, 6) is -0.599. The van der Waals surface area contributed by atoms with E-state index in [1.807, 2.05) is 43.3 Å². The second kappa shape index (κ2) is 7.20. The number of nitrogens with one attached hydrogen (secondary N) is 1. The molecule has 26 heavy (non-hydrogen) atoms. The van der Waals surface area contributed by atoms with E-state index in [4.69, 9.17) is 0 Å². The minimum absolute atomic E-state index is 0.0432. The normalized spacial score (nSPS) is 29.3. The molecule has 4 atom stereocenters. The van der Waals surface area contributed by atoms with Crippen LogP contribution in [-0.2, 0) is 16.1 Å². The first-order valence-electron chi connectivity index (χ1n) is 9.28. The van der Waals surface area contributed by atoms with Gasteiger partial charge in [-0.2, -0.15) is 0 Å². The number of amides is 1. The van der Waals surface area contributed by atoms with Gasteiger partial charge in [0.25, 0.3) is 0 Å². The maximum Gasteiger partial charge on any atom is 0.223 e. The van der Waals surface area contributed by atoms with Crippen molar-refractivity contribution in [3.8, 4) is 0 Å². The Morgan fingerprint density at radius 1 is 1.35 bits per heavy atom. The summed E-state index contributed by atoms with van der Waals surface area (Å²) in [5, 5.41) is 14.0. The molecule has 1 fully saturated rings. The summed E-state index contributed by atoms with van der Waals surface area (Å²) in [6.07, 6.45) is 4.35. The van der Waals surface area contributed by atoms with Crippen LogP contribution < -0.4 is 5.32 Å². The molecule has 0 heterocycles. The van der Waals surface area contributed by atoms with Crippen molar-refractivity contribution in [1.29, 1.82) is 0 Å². The van der Waals surface area contributed by atoms with Gasteiger partial charge in [-0.25, -0.2) is 0 Å². The quantitative estimate of drug-likeness (QED) is 0.874. The Morgan fingerprint density at radius 2 is 2.04 bits per heavy atom. The van der Waals surface area contributed by atoms with Crippen molar-refractivity contribution in [2.24, 2.45) is 17.3 Å². The van der Waals surface area contributed by atoms with Gasteiger partial charge in [0.2, 0.25) is 5.91 Å². The Labute approximate surface area is 155 Å². The van der Waals surface area contributed by atoms with Crippen molar-refractivity contribution < 1.29 is 14.7 Å². The Hall–Kier alpha value is -2.20. The largest absolute Gasteiger partial charge is 0.388 e. The third-order valence-electron chi connectivity index (χ3n) is 6.06. The van der Waals surface area contributed by atoms with Crippen LogP contribution in [0.15, 0.2) is 53.6 Å². The molecule has 1 aromatic rings. The fraction of sp³-hybridized carbons (Fsp3) is 0.455. The van der Waals surface area contributed by atoms with Gasteiger partial charge in [-0.05, 0) is 42.6 Å². The number of aliphatic hydroxyl groups is 1. The van der Waals surface area contributed by atoms with Crippen molar-refractivity contribution in [1.82, 2.24) is 5.32 Å². The Morgan fingerprint density at radius 3 is 2.73 bits per heavy atom. The van der Waals surface area contributed by atoms with Gasteiger partial charge in [0.1, 0.15) is 0 Å². The van der Waals surface area contributed by atoms with E-state index in [9.17, 15) is 14.7 Å². The standard InChI is InChI=1S/C22H27NO3/c1-14(21(26)23-13-16-7-5-4-6-8-16)17-9-11-22(3)12-10-18(24)15(2)19(22)20(17)25/h4-8,10,12,14,17,20,25H,9,11,13H2,1-3H3,(H,23,26)/t14-,17-,20-,22-/m0/s1. The Balaban J connectivity index is 1.72. The molecule has 4 nitrogen and oxygen atoms in total. The van der Waals surface area contributed by atoms with Gasteiger partial charge in [0.05, 0.1) is 6.10 Å². The Kier molecular flexibility index (Phi) is 5.15. The van der Waals surface area contributed by atoms with E-state index in [1.54, 1.807) is 13.0 Å². The number of aliphatic hydroxyl groups excluding tert-OH is 1. The predicted octanol–water partition coefficient (Wildman–Crippen LogP) is 3.17. The monoisotopic (exact) mass is 353 g/mol. The second-order valence-corrected chi connectivity index (χ2v) is 7.79. The molecule has 0 aliphatic heterocycles. The zero-order valence-electron chi connectivity index (χ0n) is 15.7. The molecule has 1 amide bonds. The van der Waals surface area contributed by atoms with E-state index in [0.717, 1.165) is 24.0 Å². The smallest absolute Gasteiger partial charge is 0.223 e. The first-order chi connectivity index (χ1) is 12.3. The zero-order chi connectivity index (χ0) is 18.9. The van der Waals surface area contributed by atoms with Gasteiger partial charge in [-0.1, -0.05) is 50.3 Å². The van der Waals surface area contributed by atoms with E-state index < -0.39 is 6.10 Å². The zero-order valence-corrected chi connectivity index (χ0v) is 15.7. The number of carbonyl (C=O) groups is 2. The lowest BCUT2D eigenvalue weighted by molar-refractivity contribution is -0.128. The summed E-state index contributed by atoms with van der Waals surface area (Å²) < 4.78 is 0. The molecule has 1 saturated carbocycles. The van der Waals surface area contributed by atoms with Crippen LogP contribution in [0.4, 0.5) is 0 Å². The molecule has 0 bridgehead atoms. The summed E-state index contributed by atoms with van der Waals surface area (Å²) in [4.78, 5) is 24.7. The van der Waals surface area contributed by atoms with Gasteiger partial charge < -0.3 is 10.4 Å². The van der Waals surface area contributed by atoms with E-state index in [2.05, 4.69) is 12.2 Å². The average molecular weight is 353 g/mol. The third-order valence-corrected chi connectivity index (χ3v) is 6.06. The number of hydrogen-bond donors (Lipinski definition) is 2. The summed E-state index contributed by atoms with van der Waals surface area (Å²) in [7, 11) is 0. The first kappa shape index (κ1) is 18.6. The number of benzene rings is 1. The van der Waals surface area contributed by atoms with Gasteiger partial charge in [0.15, 0.2) is 5.78 Å². The van der Waals surface area contributed by atoms with E-state index >= 15 is 0 Å².